The molecule has 0 saturated carbocycles. The summed E-state index contributed by atoms with van der Waals surface area (Å²) >= 11 is 0. The molecule has 1 aliphatic heterocycles. The Kier molecular flexibility index (Phi) is 10.5. The van der Waals surface area contributed by atoms with Crippen molar-refractivity contribution in [3.63, 3.8) is 0 Å². The first kappa shape index (κ1) is 22.6. The molecule has 1 fully saturated rings. The molecule has 4 nitrogen and oxygen atoms in total. The molecule has 0 unspecified atom stereocenters. The van der Waals surface area contributed by atoms with Gasteiger partial charge in [0.2, 0.25) is 0 Å². The fraction of sp³-hybridized carbons (Fsp3) is 0.700. The van der Waals surface area contributed by atoms with Gasteiger partial charge in [-0.2, -0.15) is 0 Å². The van der Waals surface area contributed by atoms with Crippen molar-refractivity contribution in [1.82, 2.24) is 9.88 Å². The van der Waals surface area contributed by atoms with Crippen molar-refractivity contribution < 1.29 is 9.53 Å². The predicted molar refractivity (Wildman–Crippen MR) is 101 cm³/mol. The summed E-state index contributed by atoms with van der Waals surface area (Å²) in [5.41, 5.74) is 1.32. The highest BCUT2D eigenvalue weighted by Gasteiger charge is 2.34. The van der Waals surface area contributed by atoms with Crippen molar-refractivity contribution >= 4 is 6.47 Å². The van der Waals surface area contributed by atoms with Crippen LogP contribution in [-0.2, 0) is 14.9 Å². The summed E-state index contributed by atoms with van der Waals surface area (Å²) in [7, 11) is 2.21. The van der Waals surface area contributed by atoms with E-state index in [1.807, 2.05) is 46.9 Å². The number of ether oxygens (including phenoxy) is 1. The third kappa shape index (κ3) is 7.91. The molecule has 1 saturated heterocycles. The Morgan fingerprint density at radius 3 is 2.17 bits per heavy atom. The summed E-state index contributed by atoms with van der Waals surface area (Å²) in [5.74, 6) is 0. The highest BCUT2D eigenvalue weighted by molar-refractivity contribution is 5.37. The van der Waals surface area contributed by atoms with Gasteiger partial charge in [0.25, 0.3) is 6.47 Å². The van der Waals surface area contributed by atoms with Crippen LogP contribution in [0.2, 0.25) is 0 Å². The molecule has 2 heterocycles. The Morgan fingerprint density at radius 2 is 1.83 bits per heavy atom. The van der Waals surface area contributed by atoms with E-state index in [1.54, 1.807) is 0 Å². The van der Waals surface area contributed by atoms with Crippen LogP contribution in [0.25, 0.3) is 0 Å². The van der Waals surface area contributed by atoms with Crippen molar-refractivity contribution in [1.29, 1.82) is 0 Å². The first-order chi connectivity index (χ1) is 11.3. The van der Waals surface area contributed by atoms with Crippen molar-refractivity contribution in [2.75, 3.05) is 20.1 Å². The topological polar surface area (TPSA) is 42.4 Å². The van der Waals surface area contributed by atoms with Crippen molar-refractivity contribution in [2.24, 2.45) is 0 Å². The second-order valence-electron chi connectivity index (χ2n) is 6.98. The molecule has 0 amide bonds. The van der Waals surface area contributed by atoms with Crippen molar-refractivity contribution in [2.45, 2.75) is 71.8 Å². The van der Waals surface area contributed by atoms with E-state index >= 15 is 0 Å². The standard InChI is InChI=1S/C13H20N2.C5H10O2.C2H6/c1-3-13(7-10-15(2)11-8-13)12-6-4-5-9-14-12;1-5(2,3)7-4-6;1-2/h4-6,9H,3,7-8,10-11H2,1-2H3;4H,1-3H3;1-2H3. The van der Waals surface area contributed by atoms with Crippen LogP contribution in [0, 0.1) is 0 Å². The van der Waals surface area contributed by atoms with Gasteiger partial charge in [0, 0.05) is 17.3 Å². The SMILES string of the molecule is CC.CC(C)(C)OC=O.CCC1(c2ccccn2)CCN(C)CC1. The summed E-state index contributed by atoms with van der Waals surface area (Å²) in [6.45, 7) is 14.6. The van der Waals surface area contributed by atoms with Gasteiger partial charge in [-0.25, -0.2) is 0 Å². The molecule has 0 radical (unpaired) electrons. The average molecular weight is 337 g/mol. The van der Waals surface area contributed by atoms with E-state index < -0.39 is 0 Å². The fourth-order valence-electron chi connectivity index (χ4n) is 2.66. The van der Waals surface area contributed by atoms with E-state index in [4.69, 9.17) is 0 Å². The maximum atomic E-state index is 9.60. The molecule has 138 valence electrons. The zero-order valence-electron chi connectivity index (χ0n) is 16.6. The maximum Gasteiger partial charge on any atom is 0.293 e. The Labute approximate surface area is 148 Å². The molecule has 4 heteroatoms. The average Bonchev–Trinajstić information content (AvgIpc) is 2.58. The maximum absolute atomic E-state index is 9.60. The molecular formula is C20H36N2O2. The molecule has 1 aliphatic rings. The number of hydrogen-bond acceptors (Lipinski definition) is 4. The summed E-state index contributed by atoms with van der Waals surface area (Å²) in [4.78, 5) is 16.6. The number of pyridine rings is 1. The number of likely N-dealkylation sites (tertiary alicyclic amines) is 1. The third-order valence-electron chi connectivity index (χ3n) is 4.23. The molecule has 0 spiro atoms. The van der Waals surface area contributed by atoms with Crippen LogP contribution in [0.3, 0.4) is 0 Å². The molecule has 2 rings (SSSR count). The van der Waals surface area contributed by atoms with Crippen LogP contribution in [0.15, 0.2) is 24.4 Å². The lowest BCUT2D eigenvalue weighted by Crippen LogP contribution is -2.40. The minimum absolute atomic E-state index is 0.318. The highest BCUT2D eigenvalue weighted by Crippen LogP contribution is 2.36. The van der Waals surface area contributed by atoms with Crippen LogP contribution in [-0.4, -0.2) is 42.1 Å². The lowest BCUT2D eigenvalue weighted by Gasteiger charge is -2.39. The predicted octanol–water partition coefficient (Wildman–Crippen LogP) is 4.44. The molecule has 0 aliphatic carbocycles. The fourth-order valence-corrected chi connectivity index (χ4v) is 2.66. The largest absolute Gasteiger partial charge is 0.462 e. The molecule has 0 atom stereocenters. The molecule has 0 aromatic carbocycles. The van der Waals surface area contributed by atoms with Gasteiger partial charge in [0.15, 0.2) is 0 Å². The van der Waals surface area contributed by atoms with Crippen molar-refractivity contribution in [3.05, 3.63) is 30.1 Å². The smallest absolute Gasteiger partial charge is 0.293 e. The Morgan fingerprint density at radius 1 is 1.25 bits per heavy atom. The van der Waals surface area contributed by atoms with Gasteiger partial charge < -0.3 is 9.64 Å². The Balaban J connectivity index is 0.000000501. The van der Waals surface area contributed by atoms with Crippen molar-refractivity contribution in [3.8, 4) is 0 Å². The first-order valence-electron chi connectivity index (χ1n) is 9.04. The highest BCUT2D eigenvalue weighted by atomic mass is 16.5. The summed E-state index contributed by atoms with van der Waals surface area (Å²) in [6, 6.07) is 6.30. The van der Waals surface area contributed by atoms with E-state index in [9.17, 15) is 4.79 Å². The van der Waals surface area contributed by atoms with Crippen LogP contribution in [0.4, 0.5) is 0 Å². The monoisotopic (exact) mass is 336 g/mol. The lowest BCUT2D eigenvalue weighted by atomic mass is 9.73. The normalized spacial score (nSPS) is 16.8. The number of nitrogens with zero attached hydrogens (tertiary/aromatic N) is 2. The molecule has 24 heavy (non-hydrogen) atoms. The molecule has 0 N–H and O–H groups in total. The van der Waals surface area contributed by atoms with Gasteiger partial charge in [0.05, 0.1) is 0 Å². The third-order valence-corrected chi connectivity index (χ3v) is 4.23. The number of aromatic nitrogens is 1. The van der Waals surface area contributed by atoms with Gasteiger partial charge in [-0.05, 0) is 72.3 Å². The lowest BCUT2D eigenvalue weighted by molar-refractivity contribution is -0.138. The van der Waals surface area contributed by atoms with E-state index in [0.29, 0.717) is 11.9 Å². The van der Waals surface area contributed by atoms with Gasteiger partial charge in [-0.15, -0.1) is 0 Å². The molecule has 1 aromatic rings. The number of hydrogen-bond donors (Lipinski definition) is 0. The molecule has 0 bridgehead atoms. The first-order valence-corrected chi connectivity index (χ1v) is 9.04. The van der Waals surface area contributed by atoms with E-state index in [0.717, 1.165) is 0 Å². The molecular weight excluding hydrogens is 300 g/mol. The van der Waals surface area contributed by atoms with Crippen LogP contribution in [0.1, 0.15) is 66.5 Å². The quantitative estimate of drug-likeness (QED) is 0.765. The number of rotatable bonds is 3. The summed E-state index contributed by atoms with van der Waals surface area (Å²) in [5, 5.41) is 0. The number of carbonyl (C=O) groups excluding carboxylic acids is 1. The minimum atomic E-state index is -0.318. The van der Waals surface area contributed by atoms with E-state index in [-0.39, 0.29) is 5.60 Å². The zero-order valence-corrected chi connectivity index (χ0v) is 16.6. The van der Waals surface area contributed by atoms with Crippen LogP contribution < -0.4 is 0 Å². The van der Waals surface area contributed by atoms with Gasteiger partial charge in [0.1, 0.15) is 5.60 Å². The van der Waals surface area contributed by atoms with Crippen LogP contribution >= 0.6 is 0 Å². The Bertz CT molecular complexity index is 433. The van der Waals surface area contributed by atoms with E-state index in [2.05, 4.69) is 40.7 Å². The zero-order chi connectivity index (χ0) is 18.6. The van der Waals surface area contributed by atoms with Gasteiger partial charge >= 0.3 is 0 Å². The van der Waals surface area contributed by atoms with Gasteiger partial charge in [-0.1, -0.05) is 26.8 Å². The second kappa shape index (κ2) is 11.2. The Hall–Kier alpha value is -1.42. The van der Waals surface area contributed by atoms with Crippen LogP contribution in [0.5, 0.6) is 0 Å². The number of carbonyl (C=O) groups is 1. The van der Waals surface area contributed by atoms with E-state index in [1.165, 1.54) is 38.0 Å². The van der Waals surface area contributed by atoms with Gasteiger partial charge in [-0.3, -0.25) is 9.78 Å². The second-order valence-corrected chi connectivity index (χ2v) is 6.98. The molecule has 1 aromatic heterocycles. The number of piperidine rings is 1. The minimum Gasteiger partial charge on any atom is -0.462 e. The summed E-state index contributed by atoms with van der Waals surface area (Å²) in [6.07, 6.45) is 5.62. The summed E-state index contributed by atoms with van der Waals surface area (Å²) < 4.78 is 4.55.